The van der Waals surface area contributed by atoms with Gasteiger partial charge in [0.1, 0.15) is 17.0 Å². The first-order chi connectivity index (χ1) is 11.7. The molecule has 2 aromatic heterocycles. The molecular formula is C13H13F4N5O3. The van der Waals surface area contributed by atoms with Crippen LogP contribution in [0.4, 0.5) is 17.6 Å². The van der Waals surface area contributed by atoms with Gasteiger partial charge in [-0.2, -0.15) is 10.2 Å². The standard InChI is InChI=1S/C13H13F4N5O3/c1-21-5-6(13(24)25)9(20-21)12(23)18-2-3-22-8(11(16)17)4-7(19-22)10(14)15/h4-5,10-11H,2-3H2,1H3,(H,18,23)(H,24,25). The molecule has 2 aromatic rings. The van der Waals surface area contributed by atoms with Crippen molar-refractivity contribution in [2.45, 2.75) is 19.4 Å². The van der Waals surface area contributed by atoms with Crippen molar-refractivity contribution in [1.29, 1.82) is 0 Å². The van der Waals surface area contributed by atoms with Crippen molar-refractivity contribution in [2.24, 2.45) is 7.05 Å². The van der Waals surface area contributed by atoms with Gasteiger partial charge in [-0.1, -0.05) is 0 Å². The second-order valence-electron chi connectivity index (χ2n) is 4.94. The maximum absolute atomic E-state index is 12.8. The van der Waals surface area contributed by atoms with Gasteiger partial charge in [0, 0.05) is 19.8 Å². The summed E-state index contributed by atoms with van der Waals surface area (Å²) in [5.74, 6) is -2.19. The second kappa shape index (κ2) is 7.32. The van der Waals surface area contributed by atoms with Gasteiger partial charge >= 0.3 is 5.97 Å². The lowest BCUT2D eigenvalue weighted by atomic mass is 10.2. The van der Waals surface area contributed by atoms with Crippen LogP contribution in [0.5, 0.6) is 0 Å². The Kier molecular flexibility index (Phi) is 5.39. The fourth-order valence-corrected chi connectivity index (χ4v) is 2.09. The zero-order chi connectivity index (χ0) is 18.7. The minimum atomic E-state index is -3.01. The molecule has 0 atom stereocenters. The normalized spacial score (nSPS) is 11.3. The van der Waals surface area contributed by atoms with E-state index in [0.717, 1.165) is 10.9 Å². The molecule has 0 aromatic carbocycles. The van der Waals surface area contributed by atoms with E-state index in [1.165, 1.54) is 7.05 Å². The van der Waals surface area contributed by atoms with E-state index in [1.54, 1.807) is 0 Å². The lowest BCUT2D eigenvalue weighted by Gasteiger charge is -2.07. The highest BCUT2D eigenvalue weighted by molar-refractivity contribution is 6.03. The molecule has 25 heavy (non-hydrogen) atoms. The maximum Gasteiger partial charge on any atom is 0.339 e. The van der Waals surface area contributed by atoms with E-state index < -0.39 is 36.1 Å². The number of aromatic nitrogens is 4. The first-order valence-electron chi connectivity index (χ1n) is 6.89. The minimum absolute atomic E-state index is 0.238. The van der Waals surface area contributed by atoms with Gasteiger partial charge < -0.3 is 10.4 Å². The van der Waals surface area contributed by atoms with Crippen LogP contribution in [-0.4, -0.2) is 43.1 Å². The smallest absolute Gasteiger partial charge is 0.339 e. The van der Waals surface area contributed by atoms with Crippen molar-refractivity contribution in [1.82, 2.24) is 24.9 Å². The van der Waals surface area contributed by atoms with Crippen molar-refractivity contribution in [3.8, 4) is 0 Å². The number of carboxylic acids is 1. The number of nitrogens with zero attached hydrogens (tertiary/aromatic N) is 4. The average Bonchev–Trinajstić information content (AvgIpc) is 3.11. The molecule has 0 aliphatic rings. The van der Waals surface area contributed by atoms with Crippen LogP contribution in [0.3, 0.4) is 0 Å². The minimum Gasteiger partial charge on any atom is -0.478 e. The molecule has 0 saturated carbocycles. The number of aromatic carboxylic acids is 1. The lowest BCUT2D eigenvalue weighted by Crippen LogP contribution is -2.29. The molecule has 0 unspecified atom stereocenters. The van der Waals surface area contributed by atoms with Crippen LogP contribution in [-0.2, 0) is 13.6 Å². The van der Waals surface area contributed by atoms with Crippen molar-refractivity contribution in [2.75, 3.05) is 6.54 Å². The van der Waals surface area contributed by atoms with Gasteiger partial charge in [-0.3, -0.25) is 14.2 Å². The van der Waals surface area contributed by atoms with Crippen LogP contribution >= 0.6 is 0 Å². The Morgan fingerprint density at radius 3 is 2.48 bits per heavy atom. The molecule has 0 saturated heterocycles. The van der Waals surface area contributed by atoms with Gasteiger partial charge in [-0.05, 0) is 6.07 Å². The average molecular weight is 363 g/mol. The zero-order valence-electron chi connectivity index (χ0n) is 12.8. The third-order valence-corrected chi connectivity index (χ3v) is 3.16. The summed E-state index contributed by atoms with van der Waals surface area (Å²) in [6.45, 7) is -0.536. The van der Waals surface area contributed by atoms with Crippen LogP contribution in [0.2, 0.25) is 0 Å². The molecule has 0 aliphatic heterocycles. The molecule has 8 nitrogen and oxygen atoms in total. The fourth-order valence-electron chi connectivity index (χ4n) is 2.09. The molecule has 0 spiro atoms. The first kappa shape index (κ1) is 18.4. The van der Waals surface area contributed by atoms with E-state index in [1.807, 2.05) is 0 Å². The zero-order valence-corrected chi connectivity index (χ0v) is 12.8. The molecule has 0 fully saturated rings. The molecule has 12 heteroatoms. The molecule has 0 bridgehead atoms. The SMILES string of the molecule is Cn1cc(C(=O)O)c(C(=O)NCCn2nc(C(F)F)cc2C(F)F)n1. The van der Waals surface area contributed by atoms with Gasteiger partial charge in [0.05, 0.1) is 6.54 Å². The number of rotatable bonds is 7. The van der Waals surface area contributed by atoms with Gasteiger partial charge in [-0.25, -0.2) is 22.4 Å². The van der Waals surface area contributed by atoms with Crippen LogP contribution in [0, 0.1) is 0 Å². The van der Waals surface area contributed by atoms with Crippen molar-refractivity contribution >= 4 is 11.9 Å². The number of carbonyl (C=O) groups excluding carboxylic acids is 1. The number of carboxylic acid groups (broad SMARTS) is 1. The Hall–Kier alpha value is -2.92. The van der Waals surface area contributed by atoms with Gasteiger partial charge in [-0.15, -0.1) is 0 Å². The van der Waals surface area contributed by atoms with Gasteiger partial charge in [0.25, 0.3) is 18.8 Å². The molecular weight excluding hydrogens is 350 g/mol. The Bertz CT molecular complexity index is 787. The van der Waals surface area contributed by atoms with E-state index >= 15 is 0 Å². The van der Waals surface area contributed by atoms with Gasteiger partial charge in [0.2, 0.25) is 0 Å². The molecule has 136 valence electrons. The third-order valence-electron chi connectivity index (χ3n) is 3.16. The van der Waals surface area contributed by atoms with Crippen LogP contribution in [0.1, 0.15) is 45.1 Å². The lowest BCUT2D eigenvalue weighted by molar-refractivity contribution is 0.0690. The number of hydrogen-bond donors (Lipinski definition) is 2. The summed E-state index contributed by atoms with van der Waals surface area (Å²) in [6, 6.07) is 0.596. The van der Waals surface area contributed by atoms with E-state index in [-0.39, 0.29) is 24.3 Å². The predicted octanol–water partition coefficient (Wildman–Crippen LogP) is 1.62. The van der Waals surface area contributed by atoms with Gasteiger partial charge in [0.15, 0.2) is 5.69 Å². The highest BCUT2D eigenvalue weighted by Crippen LogP contribution is 2.24. The highest BCUT2D eigenvalue weighted by atomic mass is 19.3. The molecule has 0 radical (unpaired) electrons. The van der Waals surface area contributed by atoms with E-state index in [4.69, 9.17) is 5.11 Å². The quantitative estimate of drug-likeness (QED) is 0.728. The number of aryl methyl sites for hydroxylation is 1. The second-order valence-corrected chi connectivity index (χ2v) is 4.94. The number of amides is 1. The summed E-state index contributed by atoms with van der Waals surface area (Å²) in [4.78, 5) is 23.0. The molecule has 0 aliphatic carbocycles. The highest BCUT2D eigenvalue weighted by Gasteiger charge is 2.23. The van der Waals surface area contributed by atoms with E-state index in [9.17, 15) is 27.2 Å². The Morgan fingerprint density at radius 1 is 1.24 bits per heavy atom. The van der Waals surface area contributed by atoms with Crippen LogP contribution < -0.4 is 5.32 Å². The summed E-state index contributed by atoms with van der Waals surface area (Å²) in [7, 11) is 1.42. The summed E-state index contributed by atoms with van der Waals surface area (Å²) >= 11 is 0. The number of hydrogen-bond acceptors (Lipinski definition) is 4. The summed E-state index contributed by atoms with van der Waals surface area (Å²) < 4.78 is 52.6. The predicted molar refractivity (Wildman–Crippen MR) is 74.6 cm³/mol. The topological polar surface area (TPSA) is 102 Å². The van der Waals surface area contributed by atoms with E-state index in [0.29, 0.717) is 10.7 Å². The largest absolute Gasteiger partial charge is 0.478 e. The summed E-state index contributed by atoms with van der Waals surface area (Å²) in [5, 5.41) is 18.4. The summed E-state index contributed by atoms with van der Waals surface area (Å²) in [6.07, 6.45) is -4.88. The summed E-state index contributed by atoms with van der Waals surface area (Å²) in [5.41, 5.74) is -2.17. The van der Waals surface area contributed by atoms with Crippen LogP contribution in [0.25, 0.3) is 0 Å². The maximum atomic E-state index is 12.8. The van der Waals surface area contributed by atoms with Crippen molar-refractivity contribution in [3.05, 3.63) is 34.9 Å². The Balaban J connectivity index is 2.06. The van der Waals surface area contributed by atoms with Crippen LogP contribution in [0.15, 0.2) is 12.3 Å². The number of carbonyl (C=O) groups is 2. The number of alkyl halides is 4. The molecule has 1 amide bonds. The fraction of sp³-hybridized carbons (Fsp3) is 0.385. The Morgan fingerprint density at radius 2 is 1.92 bits per heavy atom. The van der Waals surface area contributed by atoms with Crippen molar-refractivity contribution < 1.29 is 32.3 Å². The Labute approximate surface area is 138 Å². The first-order valence-corrected chi connectivity index (χ1v) is 6.89. The number of halogens is 4. The third kappa shape index (κ3) is 4.14. The molecule has 2 rings (SSSR count). The monoisotopic (exact) mass is 363 g/mol. The van der Waals surface area contributed by atoms with Crippen molar-refractivity contribution in [3.63, 3.8) is 0 Å². The molecule has 2 heterocycles. The van der Waals surface area contributed by atoms with E-state index in [2.05, 4.69) is 15.5 Å². The number of nitrogens with one attached hydrogen (secondary N) is 1. The molecule has 2 N–H and O–H groups in total.